The molecule has 2 nitrogen and oxygen atoms in total. The molecular formula is C14H22N2. The van der Waals surface area contributed by atoms with E-state index in [9.17, 15) is 0 Å². The van der Waals surface area contributed by atoms with Crippen LogP contribution in [0.4, 0.5) is 0 Å². The van der Waals surface area contributed by atoms with Gasteiger partial charge in [0.2, 0.25) is 0 Å². The van der Waals surface area contributed by atoms with Crippen LogP contribution in [0.3, 0.4) is 0 Å². The lowest BCUT2D eigenvalue weighted by molar-refractivity contribution is 0.418. The van der Waals surface area contributed by atoms with Gasteiger partial charge in [-0.2, -0.15) is 0 Å². The van der Waals surface area contributed by atoms with Crippen molar-refractivity contribution in [2.24, 2.45) is 0 Å². The normalized spacial score (nSPS) is 26.3. The zero-order valence-corrected chi connectivity index (χ0v) is 10.2. The molecule has 0 radical (unpaired) electrons. The monoisotopic (exact) mass is 218 g/mol. The molecule has 0 saturated heterocycles. The van der Waals surface area contributed by atoms with E-state index < -0.39 is 0 Å². The van der Waals surface area contributed by atoms with Crippen molar-refractivity contribution in [3.63, 3.8) is 0 Å². The Morgan fingerprint density at radius 3 is 2.94 bits per heavy atom. The standard InChI is InChI=1S/C14H22N2/c1-2-16-14-9-5-3-4-8-13(14)12-7-6-10-15-11-12/h6-7,10-11,13-14,16H,2-5,8-9H2,1H3. The Morgan fingerprint density at radius 1 is 1.31 bits per heavy atom. The van der Waals surface area contributed by atoms with E-state index in [1.54, 1.807) is 0 Å². The van der Waals surface area contributed by atoms with Gasteiger partial charge in [-0.25, -0.2) is 0 Å². The Labute approximate surface area is 98.5 Å². The number of nitrogens with one attached hydrogen (secondary N) is 1. The fourth-order valence-electron chi connectivity index (χ4n) is 2.81. The second-order valence-corrected chi connectivity index (χ2v) is 4.70. The molecule has 1 fully saturated rings. The van der Waals surface area contributed by atoms with Crippen LogP contribution < -0.4 is 5.32 Å². The minimum atomic E-state index is 0.650. The predicted molar refractivity (Wildman–Crippen MR) is 67.5 cm³/mol. The Hall–Kier alpha value is -0.890. The summed E-state index contributed by atoms with van der Waals surface area (Å²) >= 11 is 0. The molecule has 1 aliphatic rings. The summed E-state index contributed by atoms with van der Waals surface area (Å²) in [5.41, 5.74) is 1.41. The number of aromatic nitrogens is 1. The zero-order chi connectivity index (χ0) is 11.2. The molecule has 0 aliphatic heterocycles. The van der Waals surface area contributed by atoms with E-state index in [2.05, 4.69) is 29.4 Å². The number of rotatable bonds is 3. The highest BCUT2D eigenvalue weighted by Gasteiger charge is 2.24. The molecule has 0 bridgehead atoms. The first-order valence-corrected chi connectivity index (χ1v) is 6.55. The largest absolute Gasteiger partial charge is 0.314 e. The predicted octanol–water partition coefficient (Wildman–Crippen LogP) is 3.11. The Kier molecular flexibility index (Phi) is 4.34. The lowest BCUT2D eigenvalue weighted by Gasteiger charge is -2.26. The zero-order valence-electron chi connectivity index (χ0n) is 10.2. The van der Waals surface area contributed by atoms with Crippen molar-refractivity contribution in [3.05, 3.63) is 30.1 Å². The van der Waals surface area contributed by atoms with Gasteiger partial charge >= 0.3 is 0 Å². The highest BCUT2D eigenvalue weighted by Crippen LogP contribution is 2.31. The van der Waals surface area contributed by atoms with E-state index in [1.165, 1.54) is 37.7 Å². The summed E-state index contributed by atoms with van der Waals surface area (Å²) in [7, 11) is 0. The summed E-state index contributed by atoms with van der Waals surface area (Å²) in [5, 5.41) is 3.65. The van der Waals surface area contributed by atoms with Crippen LogP contribution in [0.1, 0.15) is 50.5 Å². The first kappa shape index (κ1) is 11.6. The van der Waals surface area contributed by atoms with Crippen molar-refractivity contribution in [1.82, 2.24) is 10.3 Å². The van der Waals surface area contributed by atoms with Crippen LogP contribution in [0.15, 0.2) is 24.5 Å². The van der Waals surface area contributed by atoms with Gasteiger partial charge in [0.15, 0.2) is 0 Å². The minimum Gasteiger partial charge on any atom is -0.314 e. The number of nitrogens with zero attached hydrogens (tertiary/aromatic N) is 1. The highest BCUT2D eigenvalue weighted by atomic mass is 14.9. The Bertz CT molecular complexity index is 297. The van der Waals surface area contributed by atoms with Crippen molar-refractivity contribution < 1.29 is 0 Å². The average molecular weight is 218 g/mol. The topological polar surface area (TPSA) is 24.9 Å². The Balaban J connectivity index is 2.14. The third-order valence-corrected chi connectivity index (χ3v) is 3.59. The first-order chi connectivity index (χ1) is 7.92. The van der Waals surface area contributed by atoms with Gasteiger partial charge in [0.1, 0.15) is 0 Å². The second kappa shape index (κ2) is 6.00. The lowest BCUT2D eigenvalue weighted by atomic mass is 9.88. The maximum absolute atomic E-state index is 4.26. The van der Waals surface area contributed by atoms with Gasteiger partial charge in [-0.15, -0.1) is 0 Å². The molecule has 0 aromatic carbocycles. The van der Waals surface area contributed by atoms with Gasteiger partial charge in [-0.1, -0.05) is 32.3 Å². The van der Waals surface area contributed by atoms with Crippen LogP contribution in [0.5, 0.6) is 0 Å². The van der Waals surface area contributed by atoms with Crippen molar-refractivity contribution >= 4 is 0 Å². The van der Waals surface area contributed by atoms with Crippen LogP contribution in [-0.2, 0) is 0 Å². The number of pyridine rings is 1. The summed E-state index contributed by atoms with van der Waals surface area (Å²) in [6.45, 7) is 3.27. The summed E-state index contributed by atoms with van der Waals surface area (Å²) < 4.78 is 0. The quantitative estimate of drug-likeness (QED) is 0.789. The molecule has 0 spiro atoms. The number of likely N-dealkylation sites (N-methyl/N-ethyl adjacent to an activating group) is 1. The number of hydrogen-bond acceptors (Lipinski definition) is 2. The van der Waals surface area contributed by atoms with Crippen LogP contribution in [-0.4, -0.2) is 17.6 Å². The van der Waals surface area contributed by atoms with Crippen molar-refractivity contribution in [2.45, 2.75) is 51.0 Å². The van der Waals surface area contributed by atoms with Crippen molar-refractivity contribution in [2.75, 3.05) is 6.54 Å². The summed E-state index contributed by atoms with van der Waals surface area (Å²) in [4.78, 5) is 4.26. The SMILES string of the molecule is CCNC1CCCCCC1c1cccnc1. The van der Waals surface area contributed by atoms with Crippen LogP contribution in [0.2, 0.25) is 0 Å². The Morgan fingerprint density at radius 2 is 2.19 bits per heavy atom. The molecule has 1 N–H and O–H groups in total. The van der Waals surface area contributed by atoms with E-state index in [0.717, 1.165) is 6.54 Å². The van der Waals surface area contributed by atoms with Crippen LogP contribution in [0, 0.1) is 0 Å². The molecule has 2 rings (SSSR count). The van der Waals surface area contributed by atoms with Gasteiger partial charge < -0.3 is 5.32 Å². The molecule has 88 valence electrons. The van der Waals surface area contributed by atoms with Crippen molar-refractivity contribution in [1.29, 1.82) is 0 Å². The van der Waals surface area contributed by atoms with Gasteiger partial charge in [0.05, 0.1) is 0 Å². The molecule has 0 amide bonds. The molecule has 1 saturated carbocycles. The molecular weight excluding hydrogens is 196 g/mol. The summed E-state index contributed by atoms with van der Waals surface area (Å²) in [5.74, 6) is 0.663. The van der Waals surface area contributed by atoms with Crippen LogP contribution >= 0.6 is 0 Å². The van der Waals surface area contributed by atoms with E-state index in [4.69, 9.17) is 0 Å². The molecule has 1 aromatic heterocycles. The molecule has 2 unspecified atom stereocenters. The highest BCUT2D eigenvalue weighted by molar-refractivity contribution is 5.17. The number of hydrogen-bond donors (Lipinski definition) is 1. The molecule has 1 heterocycles. The van der Waals surface area contributed by atoms with Gasteiger partial charge in [-0.3, -0.25) is 4.98 Å². The molecule has 16 heavy (non-hydrogen) atoms. The molecule has 1 aliphatic carbocycles. The average Bonchev–Trinajstić information content (AvgIpc) is 2.56. The fourth-order valence-corrected chi connectivity index (χ4v) is 2.81. The first-order valence-electron chi connectivity index (χ1n) is 6.55. The third-order valence-electron chi connectivity index (χ3n) is 3.59. The maximum Gasteiger partial charge on any atom is 0.0303 e. The molecule has 2 atom stereocenters. The smallest absolute Gasteiger partial charge is 0.0303 e. The molecule has 1 aromatic rings. The van der Waals surface area contributed by atoms with Gasteiger partial charge in [0, 0.05) is 24.4 Å². The fraction of sp³-hybridized carbons (Fsp3) is 0.643. The van der Waals surface area contributed by atoms with Gasteiger partial charge in [0.25, 0.3) is 0 Å². The lowest BCUT2D eigenvalue weighted by Crippen LogP contribution is -2.34. The second-order valence-electron chi connectivity index (χ2n) is 4.70. The molecule has 2 heteroatoms. The van der Waals surface area contributed by atoms with E-state index >= 15 is 0 Å². The third kappa shape index (κ3) is 2.82. The van der Waals surface area contributed by atoms with Gasteiger partial charge in [-0.05, 0) is 31.0 Å². The van der Waals surface area contributed by atoms with Crippen LogP contribution in [0.25, 0.3) is 0 Å². The minimum absolute atomic E-state index is 0.650. The summed E-state index contributed by atoms with van der Waals surface area (Å²) in [6, 6.07) is 4.94. The maximum atomic E-state index is 4.26. The van der Waals surface area contributed by atoms with Crippen molar-refractivity contribution in [3.8, 4) is 0 Å². The van der Waals surface area contributed by atoms with E-state index in [0.29, 0.717) is 12.0 Å². The summed E-state index contributed by atoms with van der Waals surface area (Å²) in [6.07, 6.45) is 10.6. The van der Waals surface area contributed by atoms with E-state index in [1.807, 2.05) is 12.4 Å². The van der Waals surface area contributed by atoms with E-state index in [-0.39, 0.29) is 0 Å².